The van der Waals surface area contributed by atoms with Gasteiger partial charge in [-0.15, -0.1) is 0 Å². The first-order valence-corrected chi connectivity index (χ1v) is 6.69. The molecule has 0 aliphatic carbocycles. The molecule has 0 unspecified atom stereocenters. The van der Waals surface area contributed by atoms with E-state index in [1.807, 2.05) is 27.7 Å². The second-order valence-electron chi connectivity index (χ2n) is 4.86. The first kappa shape index (κ1) is 13.9. The van der Waals surface area contributed by atoms with Crippen LogP contribution in [0.5, 0.6) is 0 Å². The van der Waals surface area contributed by atoms with Crippen molar-refractivity contribution < 1.29 is 14.1 Å². The summed E-state index contributed by atoms with van der Waals surface area (Å²) < 4.78 is 10.7. The maximum Gasteiger partial charge on any atom is 0.322 e. The van der Waals surface area contributed by atoms with Crippen LogP contribution in [0.3, 0.4) is 0 Å². The summed E-state index contributed by atoms with van der Waals surface area (Å²) in [5.41, 5.74) is 1.40. The zero-order valence-corrected chi connectivity index (χ0v) is 11.9. The van der Waals surface area contributed by atoms with Crippen LogP contribution in [0.2, 0.25) is 0 Å². The van der Waals surface area contributed by atoms with Gasteiger partial charge in [-0.3, -0.25) is 0 Å². The fraction of sp³-hybridized carbons (Fsp3) is 0.692. The Balaban J connectivity index is 2.10. The highest BCUT2D eigenvalue weighted by Crippen LogP contribution is 2.22. The summed E-state index contributed by atoms with van der Waals surface area (Å²) in [7, 11) is 0. The van der Waals surface area contributed by atoms with Crippen LogP contribution in [0, 0.1) is 6.92 Å². The van der Waals surface area contributed by atoms with E-state index in [2.05, 4.69) is 10.5 Å². The lowest BCUT2D eigenvalue weighted by molar-refractivity contribution is -0.0355. The largest absolute Gasteiger partial charge is 0.375 e. The van der Waals surface area contributed by atoms with Gasteiger partial charge in [-0.05, 0) is 20.8 Å². The standard InChI is InChI=1S/C13H21N3O3/c1-5-11-12(8(2)15-19-11)14-13(17)16-6-7-18-10(4)9(16)3/h9-10H,5-7H2,1-4H3,(H,14,17)/t9-,10+/m1/s1. The zero-order valence-electron chi connectivity index (χ0n) is 11.9. The number of aromatic nitrogens is 1. The molecule has 6 heteroatoms. The van der Waals surface area contributed by atoms with Gasteiger partial charge in [-0.25, -0.2) is 4.79 Å². The Morgan fingerprint density at radius 1 is 1.53 bits per heavy atom. The predicted molar refractivity (Wildman–Crippen MR) is 71.2 cm³/mol. The van der Waals surface area contributed by atoms with E-state index >= 15 is 0 Å². The molecule has 2 amide bonds. The second-order valence-corrected chi connectivity index (χ2v) is 4.86. The molecular formula is C13H21N3O3. The summed E-state index contributed by atoms with van der Waals surface area (Å²) in [5, 5.41) is 6.79. The zero-order chi connectivity index (χ0) is 14.0. The van der Waals surface area contributed by atoms with E-state index in [9.17, 15) is 4.79 Å². The maximum absolute atomic E-state index is 12.3. The topological polar surface area (TPSA) is 67.6 Å². The Morgan fingerprint density at radius 2 is 2.26 bits per heavy atom. The second kappa shape index (κ2) is 5.61. The highest BCUT2D eigenvalue weighted by atomic mass is 16.5. The number of amides is 2. The van der Waals surface area contributed by atoms with Crippen molar-refractivity contribution in [3.05, 3.63) is 11.5 Å². The number of anilines is 1. The van der Waals surface area contributed by atoms with Crippen molar-refractivity contribution in [1.82, 2.24) is 10.1 Å². The molecule has 1 aromatic rings. The molecule has 1 N–H and O–H groups in total. The van der Waals surface area contributed by atoms with Gasteiger partial charge < -0.3 is 19.5 Å². The fourth-order valence-electron chi connectivity index (χ4n) is 2.22. The molecule has 106 valence electrons. The molecule has 0 spiro atoms. The molecule has 6 nitrogen and oxygen atoms in total. The average Bonchev–Trinajstić information content (AvgIpc) is 2.74. The number of hydrogen-bond donors (Lipinski definition) is 1. The molecule has 2 heterocycles. The third-order valence-corrected chi connectivity index (χ3v) is 3.63. The van der Waals surface area contributed by atoms with Crippen molar-refractivity contribution in [2.75, 3.05) is 18.5 Å². The van der Waals surface area contributed by atoms with E-state index in [1.54, 1.807) is 4.90 Å². The SMILES string of the molecule is CCc1onc(C)c1NC(=O)N1CCO[C@@H](C)[C@H]1C. The van der Waals surface area contributed by atoms with Crippen molar-refractivity contribution in [2.24, 2.45) is 0 Å². The molecule has 0 saturated carbocycles. The van der Waals surface area contributed by atoms with Crippen molar-refractivity contribution in [3.63, 3.8) is 0 Å². The van der Waals surface area contributed by atoms with Crippen molar-refractivity contribution in [2.45, 2.75) is 46.3 Å². The summed E-state index contributed by atoms with van der Waals surface area (Å²) in [4.78, 5) is 14.1. The minimum absolute atomic E-state index is 0.0497. The number of nitrogens with zero attached hydrogens (tertiary/aromatic N) is 2. The Labute approximate surface area is 113 Å². The average molecular weight is 267 g/mol. The molecule has 2 atom stereocenters. The Kier molecular flexibility index (Phi) is 4.09. The van der Waals surface area contributed by atoms with E-state index in [0.29, 0.717) is 36.7 Å². The highest BCUT2D eigenvalue weighted by Gasteiger charge is 2.30. The molecule has 0 aromatic carbocycles. The molecule has 1 aliphatic rings. The highest BCUT2D eigenvalue weighted by molar-refractivity contribution is 5.90. The predicted octanol–water partition coefficient (Wildman–Crippen LogP) is 2.19. The van der Waals surface area contributed by atoms with Gasteiger partial charge in [0.1, 0.15) is 11.4 Å². The number of aryl methyl sites for hydroxylation is 2. The van der Waals surface area contributed by atoms with Crippen molar-refractivity contribution >= 4 is 11.7 Å². The van der Waals surface area contributed by atoms with Crippen molar-refractivity contribution in [3.8, 4) is 0 Å². The Bertz CT molecular complexity index is 458. The minimum atomic E-state index is -0.122. The van der Waals surface area contributed by atoms with Gasteiger partial charge in [0, 0.05) is 13.0 Å². The molecule has 0 bridgehead atoms. The van der Waals surface area contributed by atoms with Gasteiger partial charge in [0.25, 0.3) is 0 Å². The molecule has 2 rings (SSSR count). The third-order valence-electron chi connectivity index (χ3n) is 3.63. The van der Waals surface area contributed by atoms with Gasteiger partial charge in [0.15, 0.2) is 5.76 Å². The molecule has 1 fully saturated rings. The van der Waals surface area contributed by atoms with Crippen LogP contribution in [0.25, 0.3) is 0 Å². The van der Waals surface area contributed by atoms with E-state index in [4.69, 9.17) is 9.26 Å². The van der Waals surface area contributed by atoms with E-state index in [1.165, 1.54) is 0 Å². The number of urea groups is 1. The summed E-state index contributed by atoms with van der Waals surface area (Å²) in [5.74, 6) is 0.708. The molecule has 1 aromatic heterocycles. The quantitative estimate of drug-likeness (QED) is 0.891. The van der Waals surface area contributed by atoms with Crippen molar-refractivity contribution in [1.29, 1.82) is 0 Å². The van der Waals surface area contributed by atoms with Crippen LogP contribution in [0.4, 0.5) is 10.5 Å². The normalized spacial score (nSPS) is 23.5. The van der Waals surface area contributed by atoms with Gasteiger partial charge in [-0.1, -0.05) is 12.1 Å². The number of morpholine rings is 1. The number of hydrogen-bond acceptors (Lipinski definition) is 4. The molecule has 0 radical (unpaired) electrons. The smallest absolute Gasteiger partial charge is 0.322 e. The van der Waals surface area contributed by atoms with Crippen LogP contribution >= 0.6 is 0 Å². The first-order valence-electron chi connectivity index (χ1n) is 6.69. The summed E-state index contributed by atoms with van der Waals surface area (Å²) >= 11 is 0. The van der Waals surface area contributed by atoms with E-state index in [-0.39, 0.29) is 18.2 Å². The monoisotopic (exact) mass is 267 g/mol. The molecule has 1 saturated heterocycles. The molecule has 1 aliphatic heterocycles. The maximum atomic E-state index is 12.3. The number of ether oxygens (including phenoxy) is 1. The number of nitrogens with one attached hydrogen (secondary N) is 1. The lowest BCUT2D eigenvalue weighted by atomic mass is 10.1. The lowest BCUT2D eigenvalue weighted by Gasteiger charge is -2.37. The molecule has 19 heavy (non-hydrogen) atoms. The summed E-state index contributed by atoms with van der Waals surface area (Å²) in [6, 6.07) is -0.0670. The first-order chi connectivity index (χ1) is 9.04. The Morgan fingerprint density at radius 3 is 2.95 bits per heavy atom. The van der Waals surface area contributed by atoms with Crippen LogP contribution in [-0.4, -0.2) is 41.4 Å². The van der Waals surface area contributed by atoms with Gasteiger partial charge in [-0.2, -0.15) is 0 Å². The fourth-order valence-corrected chi connectivity index (χ4v) is 2.22. The number of rotatable bonds is 2. The summed E-state index contributed by atoms with van der Waals surface area (Å²) in [6.07, 6.45) is 0.750. The van der Waals surface area contributed by atoms with Gasteiger partial charge in [0.2, 0.25) is 0 Å². The van der Waals surface area contributed by atoms with Gasteiger partial charge >= 0.3 is 6.03 Å². The van der Waals surface area contributed by atoms with E-state index < -0.39 is 0 Å². The van der Waals surface area contributed by atoms with Crippen LogP contribution < -0.4 is 5.32 Å². The van der Waals surface area contributed by atoms with E-state index in [0.717, 1.165) is 0 Å². The van der Waals surface area contributed by atoms with Crippen LogP contribution in [0.15, 0.2) is 4.52 Å². The summed E-state index contributed by atoms with van der Waals surface area (Å²) in [6.45, 7) is 8.93. The van der Waals surface area contributed by atoms with Crippen LogP contribution in [0.1, 0.15) is 32.2 Å². The number of carbonyl (C=O) groups is 1. The number of carbonyl (C=O) groups excluding carboxylic acids is 1. The van der Waals surface area contributed by atoms with Gasteiger partial charge in [0.05, 0.1) is 18.8 Å². The van der Waals surface area contributed by atoms with Crippen LogP contribution in [-0.2, 0) is 11.2 Å². The minimum Gasteiger partial charge on any atom is -0.375 e. The third kappa shape index (κ3) is 2.73. The Hall–Kier alpha value is -1.56. The molecular weight excluding hydrogens is 246 g/mol. The lowest BCUT2D eigenvalue weighted by Crippen LogP contribution is -2.52.